The maximum atomic E-state index is 12.3. The Morgan fingerprint density at radius 2 is 0.704 bits per heavy atom. The predicted molar refractivity (Wildman–Crippen MR) is 231 cm³/mol. The van der Waals surface area contributed by atoms with Gasteiger partial charge >= 0.3 is 0 Å². The molecule has 0 spiro atoms. The molecule has 0 saturated heterocycles. The summed E-state index contributed by atoms with van der Waals surface area (Å²) >= 11 is 9.87. The Morgan fingerprint density at radius 1 is 0.463 bits per heavy atom. The number of aromatic hydroxyl groups is 2. The summed E-state index contributed by atoms with van der Waals surface area (Å²) in [7, 11) is 0. The first kappa shape index (κ1) is 42.0. The lowest BCUT2D eigenvalue weighted by atomic mass is 9.79. The quantitative estimate of drug-likeness (QED) is 0.168. The van der Waals surface area contributed by atoms with Crippen LogP contribution in [-0.4, -0.2) is 34.6 Å². The molecule has 0 unspecified atom stereocenters. The number of hydrogen-bond acceptors (Lipinski definition) is 4. The van der Waals surface area contributed by atoms with Crippen molar-refractivity contribution in [3.63, 3.8) is 0 Å². The van der Waals surface area contributed by atoms with Gasteiger partial charge in [0.2, 0.25) is 0 Å². The Labute approximate surface area is 338 Å². The summed E-state index contributed by atoms with van der Waals surface area (Å²) in [5.74, 6) is 2.53. The third-order valence-corrected chi connectivity index (χ3v) is 11.1. The maximum absolute atomic E-state index is 12.3. The van der Waals surface area contributed by atoms with E-state index in [1.807, 2.05) is 0 Å². The van der Waals surface area contributed by atoms with Gasteiger partial charge < -0.3 is 19.7 Å². The van der Waals surface area contributed by atoms with Crippen LogP contribution in [0.3, 0.4) is 0 Å². The van der Waals surface area contributed by atoms with E-state index in [4.69, 9.17) is 21.1 Å². The van der Waals surface area contributed by atoms with Crippen molar-refractivity contribution in [2.75, 3.05) is 24.4 Å². The standard InChI is InChI=1S/C48H62BrClO4/c1-45(2,3)37-21-29-17-33-25-39(47(7,8)9)26-34(43(33)53-15-13-49)18-30-22-38(46(4,5)6)24-32(42(30)52)20-36-28-40(48(10,11)12)27-35(44(36)54-16-14-50)19-31(23-37)41(29)51/h21-28,51-52H,13-20H2,1-12H3. The van der Waals surface area contributed by atoms with Crippen LogP contribution in [0.4, 0.5) is 0 Å². The van der Waals surface area contributed by atoms with Gasteiger partial charge in [-0.2, -0.15) is 0 Å². The lowest BCUT2D eigenvalue weighted by molar-refractivity contribution is 0.335. The molecule has 0 fully saturated rings. The van der Waals surface area contributed by atoms with Gasteiger partial charge in [-0.3, -0.25) is 0 Å². The van der Waals surface area contributed by atoms with Crippen LogP contribution in [0.25, 0.3) is 0 Å². The molecular weight excluding hydrogens is 756 g/mol. The van der Waals surface area contributed by atoms with E-state index in [1.54, 1.807) is 0 Å². The fourth-order valence-corrected chi connectivity index (χ4v) is 7.54. The van der Waals surface area contributed by atoms with E-state index >= 15 is 0 Å². The fraction of sp³-hybridized carbons (Fsp3) is 0.500. The number of benzene rings is 4. The summed E-state index contributed by atoms with van der Waals surface area (Å²) in [6, 6.07) is 17.7. The topological polar surface area (TPSA) is 58.9 Å². The van der Waals surface area contributed by atoms with E-state index in [1.165, 1.54) is 11.1 Å². The van der Waals surface area contributed by atoms with E-state index in [0.717, 1.165) is 67.1 Å². The summed E-state index contributed by atoms with van der Waals surface area (Å²) in [5, 5.41) is 25.3. The van der Waals surface area contributed by atoms with Crippen molar-refractivity contribution in [1.29, 1.82) is 0 Å². The highest BCUT2D eigenvalue weighted by atomic mass is 79.9. The molecule has 4 aromatic rings. The zero-order valence-corrected chi connectivity index (χ0v) is 37.1. The molecule has 0 radical (unpaired) electrons. The normalized spacial score (nSPS) is 13.9. The van der Waals surface area contributed by atoms with Crippen LogP contribution in [0.15, 0.2) is 48.5 Å². The summed E-state index contributed by atoms with van der Waals surface area (Å²) in [6.07, 6.45) is 1.91. The second-order valence-electron chi connectivity index (χ2n) is 19.3. The average molecular weight is 818 g/mol. The van der Waals surface area contributed by atoms with Gasteiger partial charge in [0.1, 0.15) is 29.6 Å². The number of hydrogen-bond donors (Lipinski definition) is 2. The molecule has 5 rings (SSSR count). The highest BCUT2D eigenvalue weighted by molar-refractivity contribution is 9.09. The summed E-state index contributed by atoms with van der Waals surface area (Å²) < 4.78 is 13.2. The minimum absolute atomic E-state index is 0.147. The van der Waals surface area contributed by atoms with Crippen LogP contribution in [0.2, 0.25) is 0 Å². The average Bonchev–Trinajstić information content (AvgIpc) is 3.04. The molecule has 0 aliphatic heterocycles. The summed E-state index contributed by atoms with van der Waals surface area (Å²) in [4.78, 5) is 0. The van der Waals surface area contributed by atoms with Gasteiger partial charge in [0, 0.05) is 31.0 Å². The Morgan fingerprint density at radius 3 is 0.926 bits per heavy atom. The van der Waals surface area contributed by atoms with Gasteiger partial charge in [0.15, 0.2) is 0 Å². The van der Waals surface area contributed by atoms with E-state index < -0.39 is 0 Å². The Kier molecular flexibility index (Phi) is 12.3. The first-order valence-corrected chi connectivity index (χ1v) is 21.1. The van der Waals surface area contributed by atoms with Crippen molar-refractivity contribution < 1.29 is 19.7 Å². The number of alkyl halides is 2. The molecule has 1 aliphatic rings. The van der Waals surface area contributed by atoms with E-state index in [0.29, 0.717) is 61.6 Å². The Bertz CT molecular complexity index is 1760. The maximum Gasteiger partial charge on any atom is 0.126 e. The molecule has 0 amide bonds. The van der Waals surface area contributed by atoms with Crippen LogP contribution in [-0.2, 0) is 47.3 Å². The van der Waals surface area contributed by atoms with Crippen molar-refractivity contribution in [2.24, 2.45) is 0 Å². The third-order valence-electron chi connectivity index (χ3n) is 10.7. The molecular formula is C48H62BrClO4. The number of phenols is 2. The van der Waals surface area contributed by atoms with Gasteiger partial charge in [-0.05, 0) is 88.4 Å². The van der Waals surface area contributed by atoms with E-state index in [-0.39, 0.29) is 21.7 Å². The van der Waals surface area contributed by atoms with Crippen LogP contribution in [0, 0.1) is 0 Å². The Hall–Kier alpha value is -3.15. The minimum Gasteiger partial charge on any atom is -0.507 e. The molecule has 0 heterocycles. The van der Waals surface area contributed by atoms with Crippen molar-refractivity contribution in [2.45, 2.75) is 130 Å². The van der Waals surface area contributed by atoms with E-state index in [9.17, 15) is 10.2 Å². The molecule has 0 atom stereocenters. The van der Waals surface area contributed by atoms with Gasteiger partial charge in [0.05, 0.1) is 12.5 Å². The zero-order valence-electron chi connectivity index (χ0n) is 34.7. The first-order chi connectivity index (χ1) is 25.0. The van der Waals surface area contributed by atoms with Gasteiger partial charge in [0.25, 0.3) is 0 Å². The van der Waals surface area contributed by atoms with Crippen molar-refractivity contribution in [3.05, 3.63) is 115 Å². The Balaban J connectivity index is 1.95. The predicted octanol–water partition coefficient (Wildman–Crippen LogP) is 12.4. The summed E-state index contributed by atoms with van der Waals surface area (Å²) in [5.41, 5.74) is 11.5. The molecule has 0 aromatic heterocycles. The van der Waals surface area contributed by atoms with Crippen LogP contribution in [0.1, 0.15) is 150 Å². The van der Waals surface area contributed by atoms with Crippen molar-refractivity contribution >= 4 is 27.5 Å². The zero-order chi connectivity index (χ0) is 40.0. The molecule has 292 valence electrons. The highest BCUT2D eigenvalue weighted by Gasteiger charge is 2.28. The molecule has 8 bridgehead atoms. The minimum atomic E-state index is -0.160. The SMILES string of the molecule is CC(C)(C)c1cc2c(O)c(c1)Cc1cc(C(C)(C)C)cc(c1OCCBr)Cc1cc(C(C)(C)C)cc(c1O)Cc1cc(C(C)(C)C)cc(c1OCCCl)C2. The monoisotopic (exact) mass is 816 g/mol. The second-order valence-corrected chi connectivity index (χ2v) is 20.5. The van der Waals surface area contributed by atoms with Crippen molar-refractivity contribution in [1.82, 2.24) is 0 Å². The van der Waals surface area contributed by atoms with Gasteiger partial charge in [-0.25, -0.2) is 0 Å². The molecule has 4 nitrogen and oxygen atoms in total. The first-order valence-electron chi connectivity index (χ1n) is 19.4. The van der Waals surface area contributed by atoms with Crippen LogP contribution in [0.5, 0.6) is 23.0 Å². The number of fused-ring (bicyclic) bond motifs is 8. The molecule has 1 aliphatic carbocycles. The highest BCUT2D eigenvalue weighted by Crippen LogP contribution is 2.43. The van der Waals surface area contributed by atoms with Gasteiger partial charge in [-0.1, -0.05) is 148 Å². The van der Waals surface area contributed by atoms with E-state index in [2.05, 4.69) is 148 Å². The van der Waals surface area contributed by atoms with Gasteiger partial charge in [-0.15, -0.1) is 11.6 Å². The summed E-state index contributed by atoms with van der Waals surface area (Å²) in [6.45, 7) is 27.5. The molecule has 2 N–H and O–H groups in total. The lowest BCUT2D eigenvalue weighted by Gasteiger charge is -2.28. The van der Waals surface area contributed by atoms with Crippen molar-refractivity contribution in [3.8, 4) is 23.0 Å². The molecule has 54 heavy (non-hydrogen) atoms. The second kappa shape index (κ2) is 15.8. The van der Waals surface area contributed by atoms with Crippen LogP contribution < -0.4 is 9.47 Å². The number of halogens is 2. The smallest absolute Gasteiger partial charge is 0.126 e. The number of phenolic OH excluding ortho intramolecular Hbond substituents is 2. The largest absolute Gasteiger partial charge is 0.507 e. The van der Waals surface area contributed by atoms with Crippen LogP contribution >= 0.6 is 27.5 Å². The number of rotatable bonds is 6. The molecule has 0 saturated carbocycles. The number of ether oxygens (including phenoxy) is 2. The third kappa shape index (κ3) is 9.44. The lowest BCUT2D eigenvalue weighted by Crippen LogP contribution is -2.17. The molecule has 4 aromatic carbocycles. The molecule has 6 heteroatoms. The fourth-order valence-electron chi connectivity index (χ4n) is 7.30.